The highest BCUT2D eigenvalue weighted by molar-refractivity contribution is 7.12. The Morgan fingerprint density at radius 2 is 2.17 bits per heavy atom. The molecule has 0 unspecified atom stereocenters. The number of carbonyl (C=O) groups is 1. The second kappa shape index (κ2) is 8.04. The fourth-order valence-electron chi connectivity index (χ4n) is 1.65. The van der Waals surface area contributed by atoms with Crippen LogP contribution in [0.4, 0.5) is 5.69 Å². The lowest BCUT2D eigenvalue weighted by molar-refractivity contribution is -0.384. The second-order valence-corrected chi connectivity index (χ2v) is 5.48. The minimum absolute atomic E-state index is 0.00504. The zero-order valence-corrected chi connectivity index (χ0v) is 13.2. The van der Waals surface area contributed by atoms with Crippen LogP contribution in [0.2, 0.25) is 0 Å². The molecule has 0 bridgehead atoms. The van der Waals surface area contributed by atoms with E-state index < -0.39 is 4.92 Å². The molecule has 0 atom stereocenters. The molecule has 0 saturated heterocycles. The highest BCUT2D eigenvalue weighted by atomic mass is 32.1. The van der Waals surface area contributed by atoms with Gasteiger partial charge in [-0.1, -0.05) is 6.92 Å². The van der Waals surface area contributed by atoms with E-state index in [1.165, 1.54) is 29.0 Å². The van der Waals surface area contributed by atoms with Crippen LogP contribution in [0.1, 0.15) is 28.6 Å². The number of nitrogens with zero attached hydrogens (tertiary/aromatic N) is 2. The minimum Gasteiger partial charge on any atom is -0.494 e. The van der Waals surface area contributed by atoms with Gasteiger partial charge in [0.25, 0.3) is 11.6 Å². The van der Waals surface area contributed by atoms with Crippen LogP contribution in [0.5, 0.6) is 5.75 Å². The van der Waals surface area contributed by atoms with Gasteiger partial charge < -0.3 is 4.74 Å². The predicted octanol–water partition coefficient (Wildman–Crippen LogP) is 3.21. The van der Waals surface area contributed by atoms with E-state index in [2.05, 4.69) is 10.5 Å². The lowest BCUT2D eigenvalue weighted by Gasteiger charge is -2.05. The first-order chi connectivity index (χ1) is 11.1. The fraction of sp³-hybridized carbons (Fsp3) is 0.200. The summed E-state index contributed by atoms with van der Waals surface area (Å²) in [5.74, 6) is 0.340. The number of nitro groups is 1. The highest BCUT2D eigenvalue weighted by Gasteiger charge is 2.08. The maximum Gasteiger partial charge on any atom is 0.280 e. The van der Waals surface area contributed by atoms with Crippen molar-refractivity contribution >= 4 is 29.1 Å². The van der Waals surface area contributed by atoms with Crippen molar-refractivity contribution in [3.8, 4) is 5.75 Å². The normalized spacial score (nSPS) is 10.7. The highest BCUT2D eigenvalue weighted by Crippen LogP contribution is 2.19. The molecule has 1 aromatic heterocycles. The standard InChI is InChI=1S/C15H15N3O4S/c1-2-7-22-13-5-3-11(4-6-13)15(19)17-16-9-14-8-12(10-23-14)18(20)21/h3-6,8-10H,2,7H2,1H3,(H,17,19)/b16-9-. The third-order valence-corrected chi connectivity index (χ3v) is 3.62. The smallest absolute Gasteiger partial charge is 0.280 e. The van der Waals surface area contributed by atoms with Crippen molar-refractivity contribution in [3.63, 3.8) is 0 Å². The fourth-order valence-corrected chi connectivity index (χ4v) is 2.36. The maximum atomic E-state index is 11.9. The van der Waals surface area contributed by atoms with Gasteiger partial charge in [0, 0.05) is 11.6 Å². The molecule has 7 nitrogen and oxygen atoms in total. The second-order valence-electron chi connectivity index (χ2n) is 4.54. The first-order valence-corrected chi connectivity index (χ1v) is 7.77. The van der Waals surface area contributed by atoms with E-state index in [9.17, 15) is 14.9 Å². The zero-order chi connectivity index (χ0) is 16.7. The number of ether oxygens (including phenoxy) is 1. The van der Waals surface area contributed by atoms with E-state index in [0.29, 0.717) is 22.8 Å². The molecule has 2 rings (SSSR count). The van der Waals surface area contributed by atoms with Gasteiger partial charge in [0.15, 0.2) is 0 Å². The summed E-state index contributed by atoms with van der Waals surface area (Å²) in [5.41, 5.74) is 2.83. The van der Waals surface area contributed by atoms with Crippen molar-refractivity contribution in [2.45, 2.75) is 13.3 Å². The molecule has 0 fully saturated rings. The number of carbonyl (C=O) groups excluding carboxylic acids is 1. The van der Waals surface area contributed by atoms with Gasteiger partial charge in [0.1, 0.15) is 5.75 Å². The Bertz CT molecular complexity index is 710. The Kier molecular flexibility index (Phi) is 5.81. The van der Waals surface area contributed by atoms with E-state index in [-0.39, 0.29) is 11.6 Å². The summed E-state index contributed by atoms with van der Waals surface area (Å²) in [5, 5.41) is 15.8. The van der Waals surface area contributed by atoms with E-state index in [1.54, 1.807) is 24.3 Å². The number of benzene rings is 1. The van der Waals surface area contributed by atoms with Crippen molar-refractivity contribution in [1.29, 1.82) is 0 Å². The number of rotatable bonds is 7. The van der Waals surface area contributed by atoms with Crippen LogP contribution < -0.4 is 10.2 Å². The third-order valence-electron chi connectivity index (χ3n) is 2.76. The number of amides is 1. The van der Waals surface area contributed by atoms with Gasteiger partial charge in [-0.05, 0) is 30.7 Å². The maximum absolute atomic E-state index is 11.9. The van der Waals surface area contributed by atoms with Crippen molar-refractivity contribution in [2.24, 2.45) is 5.10 Å². The molecule has 0 aliphatic rings. The van der Waals surface area contributed by atoms with Gasteiger partial charge in [0.2, 0.25) is 0 Å². The van der Waals surface area contributed by atoms with E-state index in [4.69, 9.17) is 4.74 Å². The largest absolute Gasteiger partial charge is 0.494 e. The van der Waals surface area contributed by atoms with E-state index >= 15 is 0 Å². The van der Waals surface area contributed by atoms with Gasteiger partial charge in [-0.3, -0.25) is 14.9 Å². The molecule has 1 N–H and O–H groups in total. The molecular formula is C15H15N3O4S. The molecule has 1 aromatic carbocycles. The Morgan fingerprint density at radius 3 is 2.78 bits per heavy atom. The van der Waals surface area contributed by atoms with Crippen LogP contribution in [0.15, 0.2) is 40.8 Å². The molecule has 0 saturated carbocycles. The summed E-state index contributed by atoms with van der Waals surface area (Å²) in [6.07, 6.45) is 2.28. The molecule has 1 amide bonds. The number of hydrogen-bond donors (Lipinski definition) is 1. The molecule has 0 radical (unpaired) electrons. The number of hydrazone groups is 1. The molecule has 8 heteroatoms. The van der Waals surface area contributed by atoms with Crippen molar-refractivity contribution < 1.29 is 14.5 Å². The third kappa shape index (κ3) is 4.89. The van der Waals surface area contributed by atoms with Crippen LogP contribution in [-0.4, -0.2) is 23.7 Å². The lowest BCUT2D eigenvalue weighted by Crippen LogP contribution is -2.17. The number of hydrogen-bond acceptors (Lipinski definition) is 6. The summed E-state index contributed by atoms with van der Waals surface area (Å²) < 4.78 is 5.44. The SMILES string of the molecule is CCCOc1ccc(C(=O)N/N=C\c2cc([N+](=O)[O-])cs2)cc1. The molecule has 0 spiro atoms. The van der Waals surface area contributed by atoms with Crippen molar-refractivity contribution in [3.05, 3.63) is 56.3 Å². The van der Waals surface area contributed by atoms with Crippen molar-refractivity contribution in [2.75, 3.05) is 6.61 Å². The zero-order valence-electron chi connectivity index (χ0n) is 12.4. The van der Waals surface area contributed by atoms with E-state index in [1.807, 2.05) is 6.92 Å². The van der Waals surface area contributed by atoms with Gasteiger partial charge in [-0.2, -0.15) is 5.10 Å². The molecule has 1 heterocycles. The Balaban J connectivity index is 1.90. The summed E-state index contributed by atoms with van der Waals surface area (Å²) in [6.45, 7) is 2.64. The van der Waals surface area contributed by atoms with Gasteiger partial charge in [-0.25, -0.2) is 5.43 Å². The minimum atomic E-state index is -0.478. The number of thiophene rings is 1. The first-order valence-electron chi connectivity index (χ1n) is 6.89. The van der Waals surface area contributed by atoms with Crippen LogP contribution in [0.3, 0.4) is 0 Å². The van der Waals surface area contributed by atoms with Gasteiger partial charge in [-0.15, -0.1) is 11.3 Å². The van der Waals surface area contributed by atoms with Crippen LogP contribution >= 0.6 is 11.3 Å². The Morgan fingerprint density at radius 1 is 1.43 bits per heavy atom. The molecule has 0 aliphatic heterocycles. The summed E-state index contributed by atoms with van der Waals surface area (Å²) >= 11 is 1.18. The summed E-state index contributed by atoms with van der Waals surface area (Å²) in [7, 11) is 0. The average molecular weight is 333 g/mol. The molecule has 120 valence electrons. The van der Waals surface area contributed by atoms with Crippen molar-refractivity contribution in [1.82, 2.24) is 5.43 Å². The lowest BCUT2D eigenvalue weighted by atomic mass is 10.2. The summed E-state index contributed by atoms with van der Waals surface area (Å²) in [6, 6.07) is 8.12. The molecule has 2 aromatic rings. The van der Waals surface area contributed by atoms with Crippen LogP contribution in [-0.2, 0) is 0 Å². The predicted molar refractivity (Wildman–Crippen MR) is 88.3 cm³/mol. The molecule has 0 aliphatic carbocycles. The average Bonchev–Trinajstić information content (AvgIpc) is 3.02. The molecular weight excluding hydrogens is 318 g/mol. The van der Waals surface area contributed by atoms with Crippen LogP contribution in [0, 0.1) is 10.1 Å². The number of nitrogens with one attached hydrogen (secondary N) is 1. The topological polar surface area (TPSA) is 93.8 Å². The van der Waals surface area contributed by atoms with Gasteiger partial charge >= 0.3 is 0 Å². The molecule has 23 heavy (non-hydrogen) atoms. The Hall–Kier alpha value is -2.74. The van der Waals surface area contributed by atoms with E-state index in [0.717, 1.165) is 6.42 Å². The Labute approximate surface area is 136 Å². The van der Waals surface area contributed by atoms with Gasteiger partial charge in [0.05, 0.1) is 28.0 Å². The summed E-state index contributed by atoms with van der Waals surface area (Å²) in [4.78, 5) is 22.6. The first kappa shape index (κ1) is 16.6. The quantitative estimate of drug-likeness (QED) is 0.478. The van der Waals surface area contributed by atoms with Crippen LogP contribution in [0.25, 0.3) is 0 Å². The monoisotopic (exact) mass is 333 g/mol.